The summed E-state index contributed by atoms with van der Waals surface area (Å²) in [6, 6.07) is 0. The molecule has 0 aromatic carbocycles. The van der Waals surface area contributed by atoms with Crippen molar-refractivity contribution < 1.29 is 5.11 Å². The molecule has 2 heteroatoms. The zero-order valence-corrected chi connectivity index (χ0v) is 2.83. The molecule has 0 rings (SSSR count). The van der Waals surface area contributed by atoms with Crippen LogP contribution in [0.5, 0.6) is 0 Å². The van der Waals surface area contributed by atoms with Crippen LogP contribution in [-0.4, -0.2) is 6.61 Å². The second kappa shape index (κ2) is 3.25. The molecule has 0 aromatic heterocycles. The van der Waals surface area contributed by atoms with Gasteiger partial charge in [-0.2, -0.15) is 0 Å². The van der Waals surface area contributed by atoms with Gasteiger partial charge in [-0.15, -0.1) is 11.6 Å². The van der Waals surface area contributed by atoms with E-state index in [1.165, 1.54) is 0 Å². The Labute approximate surface area is 30.2 Å². The van der Waals surface area contributed by atoms with Crippen molar-refractivity contribution in [2.24, 2.45) is 0 Å². The normalized spacial score (nSPS) is 7.50. The maximum Gasteiger partial charge on any atom is 0.100 e. The molecular weight excluding hydrogens is 75.5 g/mol. The summed E-state index contributed by atoms with van der Waals surface area (Å²) in [7, 11) is 0. The third-order valence-corrected chi connectivity index (χ3v) is 0.189. The molecule has 0 saturated carbocycles. The minimum absolute atomic E-state index is 0.290. The van der Waals surface area contributed by atoms with Crippen molar-refractivity contribution in [1.29, 1.82) is 0 Å². The largest absolute Gasteiger partial charge is 0.235 e. The van der Waals surface area contributed by atoms with Crippen LogP contribution in [0.25, 0.3) is 0 Å². The van der Waals surface area contributed by atoms with Gasteiger partial charge in [0, 0.05) is 0 Å². The number of halogens is 1. The lowest BCUT2D eigenvalue weighted by atomic mass is 10.9. The van der Waals surface area contributed by atoms with Gasteiger partial charge < -0.3 is 0 Å². The molecule has 0 aliphatic carbocycles. The molecular formula is C2H3ClO. The number of hydrogen-bond donors (Lipinski definition) is 0. The van der Waals surface area contributed by atoms with E-state index in [1.807, 2.05) is 0 Å². The minimum atomic E-state index is -0.290. The van der Waals surface area contributed by atoms with Crippen LogP contribution in [0, 0.1) is 5.88 Å². The van der Waals surface area contributed by atoms with E-state index in [0.29, 0.717) is 0 Å². The predicted octanol–water partition coefficient (Wildman–Crippen LogP) is 0.817. The van der Waals surface area contributed by atoms with Crippen molar-refractivity contribution in [3.63, 3.8) is 0 Å². The standard InChI is InChI=1S/C2H3ClO/c3-1-2-4/h1H,2H2. The predicted molar refractivity (Wildman–Crippen MR) is 15.7 cm³/mol. The highest BCUT2D eigenvalue weighted by Gasteiger charge is 1.64. The van der Waals surface area contributed by atoms with Crippen molar-refractivity contribution in [3.05, 3.63) is 5.88 Å². The molecule has 0 unspecified atom stereocenters. The van der Waals surface area contributed by atoms with Crippen LogP contribution < -0.4 is 0 Å². The maximum atomic E-state index is 9.11. The monoisotopic (exact) mass is 78.0 g/mol. The quantitative estimate of drug-likeness (QED) is 0.443. The zero-order valence-electron chi connectivity index (χ0n) is 2.07. The van der Waals surface area contributed by atoms with Crippen LogP contribution in [0.15, 0.2) is 0 Å². The summed E-state index contributed by atoms with van der Waals surface area (Å²) in [6.45, 7) is -0.290. The average Bonchev–Trinajstić information content (AvgIpc) is 1.37. The minimum Gasteiger partial charge on any atom is -0.235 e. The summed E-state index contributed by atoms with van der Waals surface area (Å²) in [4.78, 5) is 0. The Hall–Kier alpha value is 0.250. The fraction of sp³-hybridized carbons (Fsp3) is 0.500. The molecule has 0 aliphatic rings. The molecule has 4 heavy (non-hydrogen) atoms. The molecule has 0 heterocycles. The van der Waals surface area contributed by atoms with Gasteiger partial charge in [-0.05, 0) is 0 Å². The van der Waals surface area contributed by atoms with Crippen LogP contribution in [0.3, 0.4) is 0 Å². The van der Waals surface area contributed by atoms with E-state index in [0.717, 1.165) is 5.88 Å². The van der Waals surface area contributed by atoms with Gasteiger partial charge in [0.1, 0.15) is 6.61 Å². The third-order valence-electron chi connectivity index (χ3n) is 0.0630. The summed E-state index contributed by atoms with van der Waals surface area (Å²) >= 11 is 4.75. The lowest BCUT2D eigenvalue weighted by Crippen LogP contribution is -1.64. The van der Waals surface area contributed by atoms with Gasteiger partial charge in [0.05, 0.1) is 5.88 Å². The van der Waals surface area contributed by atoms with Gasteiger partial charge in [0.2, 0.25) is 0 Å². The fourth-order valence-corrected chi connectivity index (χ4v) is 0. The molecule has 0 fully saturated rings. The van der Waals surface area contributed by atoms with Crippen LogP contribution in [0.2, 0.25) is 0 Å². The maximum absolute atomic E-state index is 9.11. The summed E-state index contributed by atoms with van der Waals surface area (Å²) in [5, 5.41) is 9.11. The Kier molecular flexibility index (Phi) is 3.45. The smallest absolute Gasteiger partial charge is 0.100 e. The second-order valence-electron chi connectivity index (χ2n) is 0.321. The summed E-state index contributed by atoms with van der Waals surface area (Å²) in [5.41, 5.74) is 0. The Morgan fingerprint density at radius 3 is 2.25 bits per heavy atom. The van der Waals surface area contributed by atoms with Gasteiger partial charge in [-0.3, -0.25) is 0 Å². The molecule has 0 atom stereocenters. The van der Waals surface area contributed by atoms with Crippen LogP contribution in [0.1, 0.15) is 0 Å². The number of rotatable bonds is 1. The van der Waals surface area contributed by atoms with Gasteiger partial charge in [-0.1, -0.05) is 0 Å². The van der Waals surface area contributed by atoms with E-state index in [1.54, 1.807) is 0 Å². The Morgan fingerprint density at radius 1 is 2.00 bits per heavy atom. The average molecular weight is 78.5 g/mol. The molecule has 2 radical (unpaired) electrons. The van der Waals surface area contributed by atoms with E-state index in [9.17, 15) is 0 Å². The van der Waals surface area contributed by atoms with Crippen molar-refractivity contribution in [1.82, 2.24) is 0 Å². The first-order valence-electron chi connectivity index (χ1n) is 0.915. The number of hydrogen-bond acceptors (Lipinski definition) is 0. The van der Waals surface area contributed by atoms with Gasteiger partial charge >= 0.3 is 0 Å². The summed E-state index contributed by atoms with van der Waals surface area (Å²) in [5.74, 6) is 1.04. The van der Waals surface area contributed by atoms with Crippen molar-refractivity contribution >= 4 is 11.6 Å². The molecule has 0 saturated heterocycles. The van der Waals surface area contributed by atoms with E-state index in [-0.39, 0.29) is 6.61 Å². The van der Waals surface area contributed by atoms with Gasteiger partial charge in [0.15, 0.2) is 0 Å². The zero-order chi connectivity index (χ0) is 3.41. The van der Waals surface area contributed by atoms with E-state index in [2.05, 4.69) is 0 Å². The first kappa shape index (κ1) is 4.25. The SMILES string of the molecule is [O]C[CH]Cl. The first-order valence-corrected chi connectivity index (χ1v) is 1.35. The highest BCUT2D eigenvalue weighted by molar-refractivity contribution is 6.23. The second-order valence-corrected chi connectivity index (χ2v) is 0.630. The van der Waals surface area contributed by atoms with E-state index >= 15 is 0 Å². The Bertz CT molecular complexity index is 8.00. The highest BCUT2D eigenvalue weighted by Crippen LogP contribution is 1.74. The van der Waals surface area contributed by atoms with Crippen molar-refractivity contribution in [2.75, 3.05) is 6.61 Å². The molecule has 0 aromatic rings. The van der Waals surface area contributed by atoms with Crippen LogP contribution >= 0.6 is 11.6 Å². The van der Waals surface area contributed by atoms with E-state index < -0.39 is 0 Å². The molecule has 0 N–H and O–H groups in total. The molecule has 0 bridgehead atoms. The highest BCUT2D eigenvalue weighted by atomic mass is 35.5. The van der Waals surface area contributed by atoms with Crippen molar-refractivity contribution in [2.45, 2.75) is 0 Å². The van der Waals surface area contributed by atoms with Gasteiger partial charge in [-0.25, -0.2) is 5.11 Å². The van der Waals surface area contributed by atoms with Crippen LogP contribution in [0.4, 0.5) is 0 Å². The molecule has 24 valence electrons. The Morgan fingerprint density at radius 2 is 2.25 bits per heavy atom. The third kappa shape index (κ3) is 2.25. The first-order chi connectivity index (χ1) is 1.91. The van der Waals surface area contributed by atoms with Gasteiger partial charge in [0.25, 0.3) is 0 Å². The van der Waals surface area contributed by atoms with Crippen molar-refractivity contribution in [3.8, 4) is 0 Å². The van der Waals surface area contributed by atoms with E-state index in [4.69, 9.17) is 16.7 Å². The fourth-order valence-electron chi connectivity index (χ4n) is 0. The van der Waals surface area contributed by atoms with Crippen LogP contribution in [-0.2, 0) is 5.11 Å². The lowest BCUT2D eigenvalue weighted by molar-refractivity contribution is 0.227. The molecule has 1 nitrogen and oxygen atoms in total. The molecule has 0 aliphatic heterocycles. The Balaban J connectivity index is 1.97. The molecule has 0 amide bonds. The summed E-state index contributed by atoms with van der Waals surface area (Å²) in [6.07, 6.45) is 0. The molecule has 0 spiro atoms. The topological polar surface area (TPSA) is 19.9 Å². The lowest BCUT2D eigenvalue weighted by Gasteiger charge is -1.61. The summed E-state index contributed by atoms with van der Waals surface area (Å²) < 4.78 is 0.